The van der Waals surface area contributed by atoms with E-state index in [1.165, 1.54) is 0 Å². The standard InChI is InChI=1S/C12H14N2O8/c15-5-6-21-11(13-7(16)1-2-8(13)17)12(20)22-14-9(18)3-4-10(14)19/h11,15H,1-6H2. The average Bonchev–Trinajstić information content (AvgIpc) is 2.97. The van der Waals surface area contributed by atoms with Crippen LogP contribution in [0.1, 0.15) is 25.7 Å². The van der Waals surface area contributed by atoms with E-state index in [9.17, 15) is 24.0 Å². The zero-order chi connectivity index (χ0) is 16.3. The van der Waals surface area contributed by atoms with Crippen molar-refractivity contribution < 1.29 is 38.7 Å². The number of imide groups is 2. The molecule has 120 valence electrons. The quantitative estimate of drug-likeness (QED) is 0.561. The molecule has 2 aliphatic heterocycles. The number of aliphatic hydroxyl groups is 1. The van der Waals surface area contributed by atoms with Crippen molar-refractivity contribution >= 4 is 29.6 Å². The van der Waals surface area contributed by atoms with E-state index >= 15 is 0 Å². The van der Waals surface area contributed by atoms with Crippen molar-refractivity contribution in [3.8, 4) is 0 Å². The molecule has 0 radical (unpaired) electrons. The van der Waals surface area contributed by atoms with E-state index in [4.69, 9.17) is 9.84 Å². The predicted octanol–water partition coefficient (Wildman–Crippen LogP) is -1.92. The highest BCUT2D eigenvalue weighted by molar-refractivity contribution is 6.05. The summed E-state index contributed by atoms with van der Waals surface area (Å²) in [6.45, 7) is -0.791. The first-order valence-corrected chi connectivity index (χ1v) is 6.60. The third kappa shape index (κ3) is 3.12. The number of likely N-dealkylation sites (tertiary alicyclic amines) is 1. The Morgan fingerprint density at radius 3 is 2.00 bits per heavy atom. The Kier molecular flexibility index (Phi) is 4.83. The van der Waals surface area contributed by atoms with Gasteiger partial charge >= 0.3 is 5.97 Å². The van der Waals surface area contributed by atoms with Gasteiger partial charge in [0, 0.05) is 25.7 Å². The first-order chi connectivity index (χ1) is 10.5. The summed E-state index contributed by atoms with van der Waals surface area (Å²) in [6, 6.07) is 0. The number of amides is 4. The molecule has 2 heterocycles. The van der Waals surface area contributed by atoms with E-state index in [1.807, 2.05) is 0 Å². The highest BCUT2D eigenvalue weighted by Crippen LogP contribution is 2.19. The lowest BCUT2D eigenvalue weighted by Crippen LogP contribution is -2.49. The van der Waals surface area contributed by atoms with Gasteiger partial charge in [-0.05, 0) is 0 Å². The molecule has 0 spiro atoms. The van der Waals surface area contributed by atoms with Crippen molar-refractivity contribution in [2.45, 2.75) is 31.9 Å². The van der Waals surface area contributed by atoms with Crippen LogP contribution < -0.4 is 0 Å². The van der Waals surface area contributed by atoms with Gasteiger partial charge in [0.15, 0.2) is 0 Å². The minimum atomic E-state index is -1.74. The van der Waals surface area contributed by atoms with Gasteiger partial charge in [-0.25, -0.2) is 9.69 Å². The van der Waals surface area contributed by atoms with Gasteiger partial charge in [0.2, 0.25) is 18.0 Å². The number of hydroxylamine groups is 2. The van der Waals surface area contributed by atoms with Gasteiger partial charge in [-0.3, -0.25) is 19.2 Å². The summed E-state index contributed by atoms with van der Waals surface area (Å²) in [5.74, 6) is -3.91. The van der Waals surface area contributed by atoms with Gasteiger partial charge in [-0.2, -0.15) is 0 Å². The molecule has 10 nitrogen and oxygen atoms in total. The third-order valence-corrected chi connectivity index (χ3v) is 3.08. The Balaban J connectivity index is 2.12. The van der Waals surface area contributed by atoms with E-state index in [0.29, 0.717) is 9.96 Å². The smallest absolute Gasteiger partial charge is 0.382 e. The molecular weight excluding hydrogens is 300 g/mol. The summed E-state index contributed by atoms with van der Waals surface area (Å²) >= 11 is 0. The van der Waals surface area contributed by atoms with Crippen LogP contribution in [0.15, 0.2) is 0 Å². The number of carbonyl (C=O) groups excluding carboxylic acids is 5. The van der Waals surface area contributed by atoms with Crippen molar-refractivity contribution in [3.63, 3.8) is 0 Å². The molecule has 4 amide bonds. The third-order valence-electron chi connectivity index (χ3n) is 3.08. The van der Waals surface area contributed by atoms with Gasteiger partial charge in [-0.15, -0.1) is 5.06 Å². The number of rotatable bonds is 6. The lowest BCUT2D eigenvalue weighted by atomic mass is 10.4. The number of nitrogens with zero attached hydrogens (tertiary/aromatic N) is 2. The van der Waals surface area contributed by atoms with Crippen LogP contribution in [0.4, 0.5) is 0 Å². The Morgan fingerprint density at radius 1 is 1.00 bits per heavy atom. The van der Waals surface area contributed by atoms with Crippen molar-refractivity contribution in [2.24, 2.45) is 0 Å². The molecule has 0 aliphatic carbocycles. The fourth-order valence-electron chi connectivity index (χ4n) is 2.06. The number of aliphatic hydroxyl groups excluding tert-OH is 1. The molecule has 0 saturated carbocycles. The largest absolute Gasteiger partial charge is 0.394 e. The Morgan fingerprint density at radius 2 is 1.50 bits per heavy atom. The Labute approximate surface area is 124 Å². The van der Waals surface area contributed by atoms with Crippen molar-refractivity contribution in [1.29, 1.82) is 0 Å². The summed E-state index contributed by atoms with van der Waals surface area (Å²) in [6.07, 6.45) is -2.07. The van der Waals surface area contributed by atoms with E-state index in [1.54, 1.807) is 0 Å². The van der Waals surface area contributed by atoms with Crippen LogP contribution in [0, 0.1) is 0 Å². The van der Waals surface area contributed by atoms with Crippen molar-refractivity contribution in [2.75, 3.05) is 13.2 Å². The van der Waals surface area contributed by atoms with E-state index in [0.717, 1.165) is 0 Å². The molecule has 0 aromatic rings. The first kappa shape index (κ1) is 16.0. The van der Waals surface area contributed by atoms with Crippen LogP contribution in [-0.4, -0.2) is 64.1 Å². The summed E-state index contributed by atoms with van der Waals surface area (Å²) in [5, 5.41) is 9.05. The van der Waals surface area contributed by atoms with Gasteiger partial charge in [0.25, 0.3) is 11.8 Å². The Hall–Kier alpha value is -2.33. The van der Waals surface area contributed by atoms with Gasteiger partial charge in [0.05, 0.1) is 13.2 Å². The predicted molar refractivity (Wildman–Crippen MR) is 65.1 cm³/mol. The zero-order valence-electron chi connectivity index (χ0n) is 11.5. The minimum absolute atomic E-state index is 0.0767. The van der Waals surface area contributed by atoms with Gasteiger partial charge < -0.3 is 14.7 Å². The van der Waals surface area contributed by atoms with Crippen LogP contribution in [0.5, 0.6) is 0 Å². The summed E-state index contributed by atoms with van der Waals surface area (Å²) in [7, 11) is 0. The average molecular weight is 314 g/mol. The van der Waals surface area contributed by atoms with E-state index in [-0.39, 0.29) is 32.3 Å². The molecule has 0 bridgehead atoms. The number of hydrogen-bond donors (Lipinski definition) is 1. The monoisotopic (exact) mass is 314 g/mol. The van der Waals surface area contributed by atoms with Crippen molar-refractivity contribution in [1.82, 2.24) is 9.96 Å². The molecule has 0 aromatic heterocycles. The molecule has 2 saturated heterocycles. The molecule has 22 heavy (non-hydrogen) atoms. The van der Waals surface area contributed by atoms with Crippen LogP contribution in [-0.2, 0) is 33.5 Å². The fraction of sp³-hybridized carbons (Fsp3) is 0.583. The number of carbonyl (C=O) groups is 5. The molecule has 2 rings (SSSR count). The molecule has 2 fully saturated rings. The lowest BCUT2D eigenvalue weighted by molar-refractivity contribution is -0.213. The van der Waals surface area contributed by atoms with Crippen LogP contribution >= 0.6 is 0 Å². The van der Waals surface area contributed by atoms with Crippen LogP contribution in [0.2, 0.25) is 0 Å². The summed E-state index contributed by atoms with van der Waals surface area (Å²) < 4.78 is 4.97. The van der Waals surface area contributed by atoms with E-state index in [2.05, 4.69) is 4.84 Å². The summed E-state index contributed by atoms with van der Waals surface area (Å²) in [4.78, 5) is 63.4. The topological polar surface area (TPSA) is 131 Å². The second-order valence-electron chi connectivity index (χ2n) is 4.60. The molecule has 10 heteroatoms. The number of ether oxygens (including phenoxy) is 1. The summed E-state index contributed by atoms with van der Waals surface area (Å²) in [5.41, 5.74) is 0. The lowest BCUT2D eigenvalue weighted by Gasteiger charge is -2.25. The highest BCUT2D eigenvalue weighted by atomic mass is 16.7. The van der Waals surface area contributed by atoms with Crippen LogP contribution in [0.3, 0.4) is 0 Å². The number of hydrogen-bond acceptors (Lipinski definition) is 8. The highest BCUT2D eigenvalue weighted by Gasteiger charge is 2.43. The second kappa shape index (κ2) is 6.62. The molecule has 1 N–H and O–H groups in total. The van der Waals surface area contributed by atoms with E-state index < -0.39 is 42.4 Å². The molecule has 0 aromatic carbocycles. The maximum absolute atomic E-state index is 12.1. The normalized spacial score (nSPS) is 20.0. The second-order valence-corrected chi connectivity index (χ2v) is 4.60. The zero-order valence-corrected chi connectivity index (χ0v) is 11.5. The molecular formula is C12H14N2O8. The molecule has 2 aliphatic rings. The minimum Gasteiger partial charge on any atom is -0.394 e. The Bertz CT molecular complexity index is 499. The van der Waals surface area contributed by atoms with Crippen molar-refractivity contribution in [3.05, 3.63) is 0 Å². The SMILES string of the molecule is O=C(ON1C(=O)CCC1=O)C(OCCO)N1C(=O)CCC1=O. The maximum atomic E-state index is 12.1. The first-order valence-electron chi connectivity index (χ1n) is 6.60. The van der Waals surface area contributed by atoms with Gasteiger partial charge in [-0.1, -0.05) is 0 Å². The molecule has 1 unspecified atom stereocenters. The van der Waals surface area contributed by atoms with Crippen LogP contribution in [0.25, 0.3) is 0 Å². The fourth-order valence-corrected chi connectivity index (χ4v) is 2.06. The maximum Gasteiger partial charge on any atom is 0.382 e. The molecule has 1 atom stereocenters. The van der Waals surface area contributed by atoms with Gasteiger partial charge in [0.1, 0.15) is 0 Å².